The number of carbonyl (C=O) groups is 15. The molecule has 3 heterocycles. The van der Waals surface area contributed by atoms with Crippen LogP contribution in [-0.4, -0.2) is 234 Å². The van der Waals surface area contributed by atoms with E-state index in [-0.39, 0.29) is 76.4 Å². The Morgan fingerprint density at radius 3 is 1.61 bits per heavy atom. The Hall–Kier alpha value is -9.89. The normalized spacial score (nSPS) is 23.3. The Morgan fingerprint density at radius 1 is 0.578 bits per heavy atom. The summed E-state index contributed by atoms with van der Waals surface area (Å²) in [4.78, 5) is 215. The van der Waals surface area contributed by atoms with Crippen LogP contribution >= 0.6 is 21.6 Å². The van der Waals surface area contributed by atoms with Crippen molar-refractivity contribution in [3.8, 4) is 0 Å². The van der Waals surface area contributed by atoms with Gasteiger partial charge in [-0.15, -0.1) is 0 Å². The predicted molar refractivity (Wildman–Crippen MR) is 403 cm³/mol. The van der Waals surface area contributed by atoms with Crippen molar-refractivity contribution in [2.24, 2.45) is 23.5 Å². The molecule has 0 spiro atoms. The van der Waals surface area contributed by atoms with Crippen molar-refractivity contribution in [2.75, 3.05) is 31.1 Å². The molecule has 1 aliphatic rings. The van der Waals surface area contributed by atoms with E-state index in [0.717, 1.165) is 13.8 Å². The number of unbranched alkanes of at least 4 members (excludes halogenated alkanes) is 1. The van der Waals surface area contributed by atoms with Crippen molar-refractivity contribution >= 4 is 132 Å². The monoisotopic (exact) mass is 1560 g/mol. The number of rotatable bonds is 25. The highest BCUT2D eigenvalue weighted by Crippen LogP contribution is 2.26. The summed E-state index contributed by atoms with van der Waals surface area (Å²) >= 11 is 0. The average Bonchev–Trinajstić information content (AvgIpc) is 1.76. The molecule has 1 unspecified atom stereocenters. The van der Waals surface area contributed by atoms with E-state index < -0.39 is 197 Å². The van der Waals surface area contributed by atoms with Crippen LogP contribution in [0.15, 0.2) is 60.9 Å². The molecule has 1 aliphatic heterocycles. The highest BCUT2D eigenvalue weighted by molar-refractivity contribution is 8.76. The Bertz CT molecular complexity index is 3850. The first kappa shape index (κ1) is 89.7. The Balaban J connectivity index is 1.66. The Kier molecular flexibility index (Phi) is 35.7. The summed E-state index contributed by atoms with van der Waals surface area (Å²) in [5, 5.41) is 85.8. The fourth-order valence-corrected chi connectivity index (χ4v) is 14.1. The third kappa shape index (κ3) is 28.6. The van der Waals surface area contributed by atoms with Gasteiger partial charge < -0.3 is 110 Å². The van der Waals surface area contributed by atoms with Crippen LogP contribution in [0, 0.1) is 17.8 Å². The van der Waals surface area contributed by atoms with Gasteiger partial charge in [0.1, 0.15) is 60.8 Å². The molecule has 1 fully saturated rings. The number of para-hydroxylation sites is 2. The lowest BCUT2D eigenvalue weighted by atomic mass is 9.98. The predicted octanol–water partition coefficient (Wildman–Crippen LogP) is -1.72. The fraction of sp³-hybridized carbons (Fsp3) is 0.563. The molecule has 0 radical (unpaired) electrons. The van der Waals surface area contributed by atoms with Crippen molar-refractivity contribution in [3.63, 3.8) is 0 Å². The van der Waals surface area contributed by atoms with Gasteiger partial charge in [0.2, 0.25) is 70.7 Å². The van der Waals surface area contributed by atoms with Gasteiger partial charge in [0.05, 0.1) is 12.1 Å². The number of aromatic amines is 2. The molecule has 5 rings (SSSR count). The summed E-state index contributed by atoms with van der Waals surface area (Å²) in [6, 6.07) is -3.41. The lowest BCUT2D eigenvalue weighted by Gasteiger charge is -2.29. The van der Waals surface area contributed by atoms with Crippen LogP contribution in [0.1, 0.15) is 125 Å². The standard InChI is InChI=1S/C71H104N16O20S2/c1-35(2)26-49-60(95)74-25-24-73-47(21-22-55(90)91)61(96)81-50(27-36(3)4)65(100)85-57(37(5)6)68(103)82-52(29-42-32-76-46-19-13-11-17-44(42)46)64(99)83-53(67(102)86-58(39(8)88)69(104)105)33-108-109-34-54(84-70(106)71(107,30-56(92)93)87-40(9)89)66(101)77-38(7)59(94)79-51(28-41-31-75-45-18-12-10-16-43(41)45)63(98)78-48(62(97)80-49)20-14-15-23-72/h10-13,16-19,31-32,35-39,47-54,57-58,73,75-76,88,107H,14-15,20-30,33-34,72H2,1-9H3,(H,74,95)(H,77,101)(H,78,98)(H,79,94)(H,80,97)(H,81,96)(H,82,103)(H,83,99)(H,84,106)(H,85,100)(H,86,102)(H,87,89)(H,90,91)(H,92,93)(H,104,105)/t38-,39+,47-,48-,49-,50-,51-,52-,53-,54-,57-,58-,71?/m0/s1. The molecular formula is C71H104N16O20S2. The van der Waals surface area contributed by atoms with Gasteiger partial charge in [-0.05, 0) is 99.9 Å². The number of aliphatic hydroxyl groups excluding tert-OH is 1. The summed E-state index contributed by atoms with van der Waals surface area (Å²) in [6.45, 7) is 13.2. The molecule has 4 aromatic rings. The number of hydrogen-bond donors (Lipinski definition) is 21. The number of fused-ring (bicyclic) bond motifs is 2. The van der Waals surface area contributed by atoms with Crippen molar-refractivity contribution in [1.29, 1.82) is 0 Å². The van der Waals surface area contributed by atoms with Crippen molar-refractivity contribution < 1.29 is 97.5 Å². The molecule has 0 bridgehead atoms. The van der Waals surface area contributed by atoms with Crippen LogP contribution in [0.2, 0.25) is 0 Å². The van der Waals surface area contributed by atoms with Crippen LogP contribution in [0.4, 0.5) is 0 Å². The molecule has 1 saturated heterocycles. The molecule has 0 saturated carbocycles. The smallest absolute Gasteiger partial charge is 0.328 e. The number of carboxylic acids is 3. The molecule has 109 heavy (non-hydrogen) atoms. The average molecular weight is 1570 g/mol. The zero-order chi connectivity index (χ0) is 81.0. The second kappa shape index (κ2) is 43.3. The highest BCUT2D eigenvalue weighted by atomic mass is 33.1. The van der Waals surface area contributed by atoms with Crippen LogP contribution in [0.5, 0.6) is 0 Å². The molecule has 12 amide bonds. The molecule has 2 aromatic carbocycles. The number of nitrogens with one attached hydrogen (secondary N) is 15. The van der Waals surface area contributed by atoms with Crippen LogP contribution < -0.4 is 74.9 Å². The number of nitrogens with two attached hydrogens (primary N) is 1. The SMILES string of the molecule is CC(=O)NC(O)(CC(=O)O)C(=O)N[C@H]1CSSC[C@@H](C(=O)N[C@H](C(=O)O)[C@@H](C)O)NC(=O)[C@H](Cc2c[nH]c3ccccc23)NC(=O)[C@H](C(C)C)NC(=O)[C@H](CC(C)C)NC(=O)[C@H](CCC(=O)O)NCCNC(=O)[C@H](CC(C)C)NC(=O)[C@H](CCCCN)NC(=O)[C@H](Cc2c[nH]c3ccccc23)NC(=O)[C@H](C)NC1=O. The van der Waals surface area contributed by atoms with E-state index >= 15 is 4.79 Å². The number of carbonyl (C=O) groups excluding carboxylic acids is 12. The van der Waals surface area contributed by atoms with Crippen LogP contribution in [0.3, 0.4) is 0 Å². The van der Waals surface area contributed by atoms with E-state index in [1.165, 1.54) is 6.92 Å². The zero-order valence-corrected chi connectivity index (χ0v) is 63.9. The number of hydrogen-bond acceptors (Lipinski definition) is 21. The maximum absolute atomic E-state index is 15.1. The third-order valence-electron chi connectivity index (χ3n) is 17.5. The number of H-pyrrole nitrogens is 2. The number of aliphatic hydroxyl groups is 2. The van der Waals surface area contributed by atoms with Gasteiger partial charge in [-0.2, -0.15) is 0 Å². The van der Waals surface area contributed by atoms with Crippen LogP contribution in [0.25, 0.3) is 21.8 Å². The van der Waals surface area contributed by atoms with E-state index in [1.54, 1.807) is 102 Å². The molecule has 0 aliphatic carbocycles. The minimum atomic E-state index is -3.22. The first-order chi connectivity index (χ1) is 51.4. The van der Waals surface area contributed by atoms with E-state index in [1.807, 2.05) is 5.32 Å². The second-order valence-electron chi connectivity index (χ2n) is 28.0. The molecule has 22 N–H and O–H groups in total. The Morgan fingerprint density at radius 2 is 1.08 bits per heavy atom. The van der Waals surface area contributed by atoms with Gasteiger partial charge in [0, 0.05) is 85.0 Å². The number of amides is 12. The highest BCUT2D eigenvalue weighted by Gasteiger charge is 2.43. The summed E-state index contributed by atoms with van der Waals surface area (Å²) in [5.41, 5.74) is 4.87. The molecular weight excluding hydrogens is 1460 g/mol. The van der Waals surface area contributed by atoms with Crippen molar-refractivity contribution in [2.45, 2.75) is 205 Å². The van der Waals surface area contributed by atoms with Gasteiger partial charge >= 0.3 is 17.9 Å². The number of carboxylic acid groups (broad SMARTS) is 3. The molecule has 36 nitrogen and oxygen atoms in total. The molecule has 600 valence electrons. The second-order valence-corrected chi connectivity index (χ2v) is 30.6. The number of aliphatic carboxylic acids is 3. The van der Waals surface area contributed by atoms with E-state index in [4.69, 9.17) is 5.73 Å². The van der Waals surface area contributed by atoms with E-state index in [0.29, 0.717) is 60.9 Å². The summed E-state index contributed by atoms with van der Waals surface area (Å²) in [6.07, 6.45) is -0.713. The minimum Gasteiger partial charge on any atom is -0.481 e. The lowest BCUT2D eigenvalue weighted by molar-refractivity contribution is -0.159. The fourth-order valence-electron chi connectivity index (χ4n) is 11.8. The maximum atomic E-state index is 15.1. The first-order valence-electron chi connectivity index (χ1n) is 35.9. The molecule has 13 atom stereocenters. The maximum Gasteiger partial charge on any atom is 0.328 e. The van der Waals surface area contributed by atoms with Gasteiger partial charge in [-0.25, -0.2) is 4.79 Å². The van der Waals surface area contributed by atoms with Crippen molar-refractivity contribution in [3.05, 3.63) is 72.1 Å². The number of benzene rings is 2. The number of aromatic nitrogens is 2. The molecule has 2 aromatic heterocycles. The minimum absolute atomic E-state index is 0.0199. The van der Waals surface area contributed by atoms with Crippen LogP contribution in [-0.2, 0) is 84.8 Å². The van der Waals surface area contributed by atoms with E-state index in [9.17, 15) is 92.7 Å². The third-order valence-corrected chi connectivity index (χ3v) is 19.9. The summed E-state index contributed by atoms with van der Waals surface area (Å²) < 4.78 is 0. The van der Waals surface area contributed by atoms with Gasteiger partial charge in [0.25, 0.3) is 5.91 Å². The Labute approximate surface area is 637 Å². The van der Waals surface area contributed by atoms with Gasteiger partial charge in [-0.1, -0.05) is 99.5 Å². The quantitative estimate of drug-likeness (QED) is 0.0199. The zero-order valence-electron chi connectivity index (χ0n) is 62.3. The van der Waals surface area contributed by atoms with Gasteiger partial charge in [-0.3, -0.25) is 67.1 Å². The topological polar surface area (TPSA) is 571 Å². The summed E-state index contributed by atoms with van der Waals surface area (Å²) in [5.74, 6) is -19.5. The van der Waals surface area contributed by atoms with Gasteiger partial charge in [0.15, 0.2) is 6.04 Å². The summed E-state index contributed by atoms with van der Waals surface area (Å²) in [7, 11) is 1.38. The first-order valence-corrected chi connectivity index (χ1v) is 38.4. The largest absolute Gasteiger partial charge is 0.481 e. The lowest BCUT2D eigenvalue weighted by Crippen LogP contribution is -2.63. The van der Waals surface area contributed by atoms with E-state index in [2.05, 4.69) is 73.8 Å². The molecule has 38 heteroatoms. The van der Waals surface area contributed by atoms with Crippen molar-refractivity contribution in [1.82, 2.24) is 79.1 Å².